The molecular weight excluding hydrogens is 1710 g/mol. The first kappa shape index (κ1) is 95.4. The van der Waals surface area contributed by atoms with Crippen molar-refractivity contribution in [1.29, 1.82) is 0 Å². The first-order valence-electron chi connectivity index (χ1n) is 52.6. The Balaban J connectivity index is 0.000000179. The third-order valence-corrected chi connectivity index (χ3v) is 31.4. The molecule has 16 aromatic carbocycles. The van der Waals surface area contributed by atoms with Crippen LogP contribution in [0.1, 0.15) is 295 Å². The van der Waals surface area contributed by atoms with E-state index in [0.717, 1.165) is 111 Å². The number of carbonyl (C=O) groups is 4. The minimum absolute atomic E-state index is 0.380. The minimum atomic E-state index is -0.467. The van der Waals surface area contributed by atoms with E-state index in [-0.39, 0.29) is 0 Å². The summed E-state index contributed by atoms with van der Waals surface area (Å²) in [7, 11) is 0. The molecule has 0 bridgehead atoms. The van der Waals surface area contributed by atoms with Crippen LogP contribution in [0, 0.1) is 23.7 Å². The van der Waals surface area contributed by atoms with Gasteiger partial charge in [-0.3, -0.25) is 0 Å². The van der Waals surface area contributed by atoms with E-state index in [9.17, 15) is 19.2 Å². The van der Waals surface area contributed by atoms with E-state index in [1.54, 1.807) is 0 Å². The number of hydrogen-bond acceptors (Lipinski definition) is 8. The molecule has 4 fully saturated rings. The zero-order valence-electron chi connectivity index (χ0n) is 82.0. The summed E-state index contributed by atoms with van der Waals surface area (Å²) in [5.41, 5.74) is 18.9. The summed E-state index contributed by atoms with van der Waals surface area (Å²) in [4.78, 5) is 56.6. The zero-order chi connectivity index (χ0) is 95.6. The highest BCUT2D eigenvalue weighted by Gasteiger charge is 2.31. The van der Waals surface area contributed by atoms with Crippen LogP contribution in [0.3, 0.4) is 0 Å². The van der Waals surface area contributed by atoms with Gasteiger partial charge in [0.05, 0.1) is 22.3 Å². The molecule has 8 nitrogen and oxygen atoms in total. The average molecular weight is 1850 g/mol. The molecule has 16 aromatic rings. The van der Waals surface area contributed by atoms with E-state index in [1.807, 2.05) is 243 Å². The van der Waals surface area contributed by atoms with Crippen molar-refractivity contribution in [2.45, 2.75) is 231 Å². The van der Waals surface area contributed by atoms with Crippen LogP contribution < -0.4 is 18.9 Å². The lowest BCUT2D eigenvalue weighted by Crippen LogP contribution is -2.13. The van der Waals surface area contributed by atoms with Crippen LogP contribution in [0.25, 0.3) is 110 Å². The Labute approximate surface area is 828 Å². The second-order valence-corrected chi connectivity index (χ2v) is 40.4. The summed E-state index contributed by atoms with van der Waals surface area (Å²) in [5, 5.41) is 7.37. The van der Waals surface area contributed by atoms with Crippen molar-refractivity contribution in [3.05, 3.63) is 384 Å². The predicted molar refractivity (Wildman–Crippen MR) is 578 cm³/mol. The fourth-order valence-corrected chi connectivity index (χ4v) is 23.3. The molecule has 0 spiro atoms. The van der Waals surface area contributed by atoms with Gasteiger partial charge in [0.25, 0.3) is 0 Å². The van der Waals surface area contributed by atoms with E-state index in [4.69, 9.17) is 18.9 Å². The van der Waals surface area contributed by atoms with Crippen LogP contribution in [0.5, 0.6) is 23.0 Å². The standard InChI is InChI=1S/C68H70O4.C64H62O4/c1-3-5-7-13-47-19-23-49(24-20-47)51-27-31-53(32-28-51)55-35-39-59(40-36-55)67(69)71-63-45-43-57-15-9-11-17-61(57)65(63)66-62-18-12-10-16-58(62)44-46-64(66)72-68(70)60-41-37-56(38-42-60)54-33-29-52(30-34-54)50-25-21-48(22-26-50)14-8-6-4-2;1-3-9-43-15-19-45(20-16-43)47-23-27-49(28-24-47)51-31-35-55(36-32-51)63(65)67-59-41-39-53-11-5-7-13-57(53)61(59)62-58-14-8-6-12-54(58)40-42-60(62)68-64(66)56-37-33-52(34-38-56)50-29-25-48(26-30-50)46-21-17-44(10-4-2)18-22-46/h9-12,15-18,27-50H,3-8,13-14,19-26H2,1-2H3;5-8,11-14,23-46H,3-4,9-10,15-22H2,1-2H3. The lowest BCUT2D eigenvalue weighted by atomic mass is 9.77. The van der Waals surface area contributed by atoms with Crippen molar-refractivity contribution in [2.75, 3.05) is 0 Å². The Morgan fingerprint density at radius 1 is 0.200 bits per heavy atom. The number of rotatable bonds is 30. The van der Waals surface area contributed by atoms with E-state index < -0.39 is 23.9 Å². The number of unbranched alkanes of at least 4 members (excludes halogenated alkanes) is 4. The third kappa shape index (κ3) is 22.5. The molecule has 4 saturated carbocycles. The molecule has 4 aliphatic rings. The largest absolute Gasteiger partial charge is 0.422 e. The number of benzene rings is 16. The number of hydrogen-bond donors (Lipinski definition) is 0. The van der Waals surface area contributed by atoms with Crippen molar-refractivity contribution in [3.63, 3.8) is 0 Å². The molecule has 0 unspecified atom stereocenters. The Bertz CT molecular complexity index is 6500. The van der Waals surface area contributed by atoms with Gasteiger partial charge in [-0.25, -0.2) is 19.2 Å². The highest BCUT2D eigenvalue weighted by molar-refractivity contribution is 6.13. The van der Waals surface area contributed by atoms with Gasteiger partial charge in [0.2, 0.25) is 0 Å². The number of esters is 4. The van der Waals surface area contributed by atoms with Crippen molar-refractivity contribution in [2.24, 2.45) is 23.7 Å². The molecule has 708 valence electrons. The van der Waals surface area contributed by atoms with Crippen LogP contribution in [-0.2, 0) is 0 Å². The minimum Gasteiger partial charge on any atom is -0.422 e. The lowest BCUT2D eigenvalue weighted by Gasteiger charge is -2.29. The molecule has 0 aromatic heterocycles. The maximum absolute atomic E-state index is 14.2. The van der Waals surface area contributed by atoms with Crippen LogP contribution in [0.2, 0.25) is 0 Å². The molecule has 20 rings (SSSR count). The van der Waals surface area contributed by atoms with Gasteiger partial charge in [-0.15, -0.1) is 0 Å². The van der Waals surface area contributed by atoms with Crippen molar-refractivity contribution in [1.82, 2.24) is 0 Å². The molecule has 0 amide bonds. The average Bonchev–Trinajstić information content (AvgIpc) is 0.750. The summed E-state index contributed by atoms with van der Waals surface area (Å²) in [6, 6.07) is 114. The van der Waals surface area contributed by atoms with Gasteiger partial charge < -0.3 is 18.9 Å². The highest BCUT2D eigenvalue weighted by atomic mass is 16.5. The van der Waals surface area contributed by atoms with Crippen molar-refractivity contribution in [3.8, 4) is 89.8 Å². The van der Waals surface area contributed by atoms with Gasteiger partial charge in [0.1, 0.15) is 23.0 Å². The van der Waals surface area contributed by atoms with E-state index in [2.05, 4.69) is 125 Å². The molecule has 0 radical (unpaired) electrons. The first-order chi connectivity index (χ1) is 68.8. The Morgan fingerprint density at radius 3 is 0.593 bits per heavy atom. The maximum Gasteiger partial charge on any atom is 0.343 e. The number of ether oxygens (including phenoxy) is 4. The van der Waals surface area contributed by atoms with E-state index in [0.29, 0.717) is 91.2 Å². The van der Waals surface area contributed by atoms with Crippen LogP contribution in [0.15, 0.2) is 340 Å². The second-order valence-electron chi connectivity index (χ2n) is 40.4. The molecule has 0 saturated heterocycles. The first-order valence-corrected chi connectivity index (χ1v) is 52.6. The topological polar surface area (TPSA) is 105 Å². The van der Waals surface area contributed by atoms with Gasteiger partial charge in [0.15, 0.2) is 0 Å². The van der Waals surface area contributed by atoms with Gasteiger partial charge in [-0.1, -0.05) is 372 Å². The molecular formula is C132H132O8. The normalized spacial score (nSPS) is 18.1. The fraction of sp³-hybridized carbons (Fsp3) is 0.303. The van der Waals surface area contributed by atoms with Gasteiger partial charge >= 0.3 is 23.9 Å². The highest BCUT2D eigenvalue weighted by Crippen LogP contribution is 2.51. The molecule has 0 N–H and O–H groups in total. The lowest BCUT2D eigenvalue weighted by molar-refractivity contribution is 0.0723. The SMILES string of the molecule is CCCC1CCC(c2ccc(-c3ccc(C(=O)Oc4ccc5ccccc5c4-c4c(OC(=O)c5ccc(-c6ccc(C7CCC(CCC)CC7)cc6)cc5)ccc5ccccc45)cc3)cc2)CC1.CCCCCC1CCC(c2ccc(-c3ccc(C(=O)Oc4ccc5ccccc5c4-c4c(OC(=O)c5ccc(-c6ccc(C7CCC(CCCCC)CC7)cc6)cc5)ccc5ccccc45)cc3)cc2)CC1. The molecule has 140 heavy (non-hydrogen) atoms. The zero-order valence-corrected chi connectivity index (χ0v) is 82.0. The summed E-state index contributed by atoms with van der Waals surface area (Å²) in [6.45, 7) is 9.16. The summed E-state index contributed by atoms with van der Waals surface area (Å²) in [6.07, 6.45) is 37.0. The smallest absolute Gasteiger partial charge is 0.343 e. The quantitative estimate of drug-likeness (QED) is 0.0249. The second kappa shape index (κ2) is 45.6. The molecule has 4 aliphatic carbocycles. The van der Waals surface area contributed by atoms with Crippen molar-refractivity contribution >= 4 is 67.0 Å². The molecule has 0 aliphatic heterocycles. The van der Waals surface area contributed by atoms with Gasteiger partial charge in [0, 0.05) is 22.3 Å². The predicted octanol–water partition coefficient (Wildman–Crippen LogP) is 36.7. The van der Waals surface area contributed by atoms with Crippen LogP contribution >= 0.6 is 0 Å². The van der Waals surface area contributed by atoms with Crippen molar-refractivity contribution < 1.29 is 38.1 Å². The summed E-state index contributed by atoms with van der Waals surface area (Å²) in [5.74, 6) is 5.80. The fourth-order valence-electron chi connectivity index (χ4n) is 23.3. The Hall–Kier alpha value is -13.6. The molecule has 8 heteroatoms. The molecule has 0 atom stereocenters. The Morgan fingerprint density at radius 2 is 0.393 bits per heavy atom. The van der Waals surface area contributed by atoms with Crippen LogP contribution in [0.4, 0.5) is 0 Å². The van der Waals surface area contributed by atoms with E-state index >= 15 is 0 Å². The monoisotopic (exact) mass is 1840 g/mol. The van der Waals surface area contributed by atoms with E-state index in [1.165, 1.54) is 202 Å². The van der Waals surface area contributed by atoms with Crippen LogP contribution in [-0.4, -0.2) is 23.9 Å². The summed E-state index contributed by atoms with van der Waals surface area (Å²) >= 11 is 0. The Kier molecular flexibility index (Phi) is 31.0. The summed E-state index contributed by atoms with van der Waals surface area (Å²) < 4.78 is 25.5. The third-order valence-electron chi connectivity index (χ3n) is 31.4. The van der Waals surface area contributed by atoms with Gasteiger partial charge in [-0.2, -0.15) is 0 Å². The number of carbonyl (C=O) groups excluding carboxylic acids is 4. The molecule has 0 heterocycles. The maximum atomic E-state index is 14.2. The number of fused-ring (bicyclic) bond motifs is 4. The van der Waals surface area contributed by atoms with Gasteiger partial charge in [-0.05, 0) is 333 Å².